The van der Waals surface area contributed by atoms with Crippen molar-refractivity contribution < 1.29 is 9.26 Å². The minimum absolute atomic E-state index is 2.88. The topological polar surface area (TPSA) is 66.2 Å². The highest BCUT2D eigenvalue weighted by Crippen LogP contribution is 1.01. The molecular weight excluding hydrogens is 74.1 g/mol. The van der Waals surface area contributed by atoms with Crippen LogP contribution in [-0.2, 0) is 4.46 Å². The second-order valence-corrected chi connectivity index (χ2v) is 0.957. The molecule has 0 saturated carbocycles. The Bertz CT molecular complexity index is 29.0. The van der Waals surface area contributed by atoms with Gasteiger partial charge in [-0.25, -0.2) is 0 Å². The van der Waals surface area contributed by atoms with Crippen LogP contribution in [-0.4, -0.2) is 9.09 Å². The second-order valence-electron chi connectivity index (χ2n) is 0.319. The minimum Gasteiger partial charge on any atom is -0.568 e. The summed E-state index contributed by atoms with van der Waals surface area (Å²) in [7, 11) is -2.88. The van der Waals surface area contributed by atoms with Crippen LogP contribution in [0.2, 0.25) is 0 Å². The molecule has 2 N–H and O–H groups in total. The van der Waals surface area contributed by atoms with Gasteiger partial charge in [0.25, 0.3) is 9.09 Å². The molecule has 0 aliphatic carbocycles. The van der Waals surface area contributed by atoms with E-state index in [0.29, 0.717) is 0 Å². The lowest BCUT2D eigenvalue weighted by Crippen LogP contribution is -2.30. The predicted molar refractivity (Wildman–Crippen MR) is 10.6 cm³/mol. The summed E-state index contributed by atoms with van der Waals surface area (Å²) < 4.78 is 8.85. The molecule has 3 nitrogen and oxygen atoms in total. The fraction of sp³-hybridized carbons (Fsp3) is 0. The van der Waals surface area contributed by atoms with Crippen LogP contribution < -0.4 is 10.2 Å². The van der Waals surface area contributed by atoms with Gasteiger partial charge in [0.05, 0.1) is 0 Å². The molecule has 4 heteroatoms. The van der Waals surface area contributed by atoms with Gasteiger partial charge in [0, 0.05) is 0 Å². The molecule has 0 heterocycles. The highest BCUT2D eigenvalue weighted by molar-refractivity contribution is 6.25. The van der Waals surface area contributed by atoms with Gasteiger partial charge in [-0.1, -0.05) is 0 Å². The molecule has 24 valence electrons. The van der Waals surface area contributed by atoms with Crippen molar-refractivity contribution in [3.63, 3.8) is 0 Å². The van der Waals surface area contributed by atoms with Crippen molar-refractivity contribution in [2.24, 2.45) is 5.40 Å². The Morgan fingerprint density at radius 1 is 2.00 bits per heavy atom. The lowest BCUT2D eigenvalue weighted by atomic mass is 13.9. The van der Waals surface area contributed by atoms with Crippen LogP contribution in [0.25, 0.3) is 0 Å². The van der Waals surface area contributed by atoms with Gasteiger partial charge >= 0.3 is 0 Å². The van der Waals surface area contributed by atoms with Crippen molar-refractivity contribution in [3.8, 4) is 0 Å². The zero-order valence-electron chi connectivity index (χ0n) is 1.89. The normalized spacial score (nSPS) is 6.00. The molecule has 0 spiro atoms. The summed E-state index contributed by atoms with van der Waals surface area (Å²) in [6.07, 6.45) is 0. The van der Waals surface area contributed by atoms with Crippen LogP contribution in [0.15, 0.2) is 0 Å². The first kappa shape index (κ1) is 3.62. The molecule has 0 radical (unpaired) electrons. The lowest BCUT2D eigenvalue weighted by molar-refractivity contribution is -0.200. The van der Waals surface area contributed by atoms with Crippen molar-refractivity contribution >= 4 is 9.09 Å². The van der Waals surface area contributed by atoms with E-state index in [-0.39, 0.29) is 0 Å². The van der Waals surface area contributed by atoms with Gasteiger partial charge in [-0.3, -0.25) is 0 Å². The average molecular weight is 76.1 g/mol. The Hall–Kier alpha value is -0.383. The van der Waals surface area contributed by atoms with Gasteiger partial charge < -0.3 is 14.7 Å². The van der Waals surface area contributed by atoms with Crippen LogP contribution in [0.5, 0.6) is 0 Å². The van der Waals surface area contributed by atoms with Gasteiger partial charge in [-0.15, -0.1) is 0 Å². The van der Waals surface area contributed by atoms with E-state index in [0.717, 1.165) is 0 Å². The SMILES string of the molecule is N[Si](=O)[O-]. The van der Waals surface area contributed by atoms with E-state index >= 15 is 0 Å². The summed E-state index contributed by atoms with van der Waals surface area (Å²) in [6, 6.07) is 0. The Morgan fingerprint density at radius 2 is 2.00 bits per heavy atom. The first-order chi connectivity index (χ1) is 1.73. The first-order valence-corrected chi connectivity index (χ1v) is 2.09. The number of nitrogens with two attached hydrogens (primary N) is 1. The van der Waals surface area contributed by atoms with E-state index in [2.05, 4.69) is 5.40 Å². The van der Waals surface area contributed by atoms with Crippen LogP contribution in [0.1, 0.15) is 0 Å². The Kier molecular flexibility index (Phi) is 0.903. The highest BCUT2D eigenvalue weighted by Gasteiger charge is 1.51. The fourth-order valence-corrected chi connectivity index (χ4v) is 0. The van der Waals surface area contributed by atoms with Gasteiger partial charge in [-0.05, 0) is 0 Å². The molecule has 0 aromatic heterocycles. The smallest absolute Gasteiger partial charge is 0.264 e. The molecule has 0 bridgehead atoms. The van der Waals surface area contributed by atoms with E-state index in [4.69, 9.17) is 9.26 Å². The Labute approximate surface area is 24.9 Å². The summed E-state index contributed by atoms with van der Waals surface area (Å²) in [5.74, 6) is 0. The maximum atomic E-state index is 8.85. The summed E-state index contributed by atoms with van der Waals surface area (Å²) in [5, 5.41) is 4.10. The lowest BCUT2D eigenvalue weighted by Gasteiger charge is -1.75. The maximum Gasteiger partial charge on any atom is 0.264 e. The van der Waals surface area contributed by atoms with Gasteiger partial charge in [0.2, 0.25) is 0 Å². The van der Waals surface area contributed by atoms with Crippen molar-refractivity contribution in [2.45, 2.75) is 0 Å². The van der Waals surface area contributed by atoms with Gasteiger partial charge in [0.15, 0.2) is 0 Å². The fourth-order valence-electron chi connectivity index (χ4n) is 0. The third kappa shape index (κ3) is 4.19. The zero-order valence-corrected chi connectivity index (χ0v) is 2.89. The van der Waals surface area contributed by atoms with Crippen molar-refractivity contribution in [3.05, 3.63) is 0 Å². The van der Waals surface area contributed by atoms with E-state index < -0.39 is 9.09 Å². The molecular formula is H2NO2Si-. The van der Waals surface area contributed by atoms with Crippen LogP contribution in [0.4, 0.5) is 0 Å². The number of rotatable bonds is 0. The summed E-state index contributed by atoms with van der Waals surface area (Å²) in [5.41, 5.74) is 0. The highest BCUT2D eigenvalue weighted by atomic mass is 28.3. The molecule has 0 unspecified atom stereocenters. The molecule has 0 aromatic rings. The zero-order chi connectivity index (χ0) is 3.58. The van der Waals surface area contributed by atoms with Crippen molar-refractivity contribution in [1.82, 2.24) is 0 Å². The van der Waals surface area contributed by atoms with Crippen molar-refractivity contribution in [2.75, 3.05) is 0 Å². The number of hydrogen-bond donors (Lipinski definition) is 1. The van der Waals surface area contributed by atoms with Crippen LogP contribution >= 0.6 is 0 Å². The van der Waals surface area contributed by atoms with E-state index in [1.807, 2.05) is 0 Å². The van der Waals surface area contributed by atoms with E-state index in [1.54, 1.807) is 0 Å². The predicted octanol–water partition coefficient (Wildman–Crippen LogP) is -2.28. The van der Waals surface area contributed by atoms with Crippen LogP contribution in [0.3, 0.4) is 0 Å². The molecule has 0 saturated heterocycles. The third-order valence-electron chi connectivity index (χ3n) is 0. The van der Waals surface area contributed by atoms with Crippen molar-refractivity contribution in [1.29, 1.82) is 0 Å². The van der Waals surface area contributed by atoms with E-state index in [1.165, 1.54) is 0 Å². The second kappa shape index (κ2) is 0.999. The Balaban J connectivity index is 2.80. The monoisotopic (exact) mass is 76.0 g/mol. The van der Waals surface area contributed by atoms with Gasteiger partial charge in [-0.2, -0.15) is 0 Å². The minimum atomic E-state index is -2.88. The molecule has 0 aliphatic rings. The molecule has 0 rings (SSSR count). The quantitative estimate of drug-likeness (QED) is 0.330. The first-order valence-electron chi connectivity index (χ1n) is 0.697. The third-order valence-corrected chi connectivity index (χ3v) is 0. The molecule has 0 aliphatic heterocycles. The summed E-state index contributed by atoms with van der Waals surface area (Å²) >= 11 is 0. The maximum absolute atomic E-state index is 8.85. The number of hydrogen-bond acceptors (Lipinski definition) is 2. The van der Waals surface area contributed by atoms with E-state index in [9.17, 15) is 0 Å². The van der Waals surface area contributed by atoms with Gasteiger partial charge in [0.1, 0.15) is 0 Å². The molecule has 0 atom stereocenters. The average Bonchev–Trinajstić information content (AvgIpc) is 0.811. The summed E-state index contributed by atoms with van der Waals surface area (Å²) in [4.78, 5) is 8.85. The molecule has 0 amide bonds. The summed E-state index contributed by atoms with van der Waals surface area (Å²) in [6.45, 7) is 0. The molecule has 4 heavy (non-hydrogen) atoms. The molecule has 0 fully saturated rings. The largest absolute Gasteiger partial charge is 0.568 e. The molecule has 0 aromatic carbocycles. The van der Waals surface area contributed by atoms with Crippen LogP contribution in [0, 0.1) is 0 Å². The standard InChI is InChI=1S/H2NO2Si/c1-4(2)3/h1H2/q-1. The Morgan fingerprint density at radius 3 is 2.00 bits per heavy atom.